The van der Waals surface area contributed by atoms with Gasteiger partial charge in [0.05, 0.1) is 5.60 Å². The fourth-order valence-corrected chi connectivity index (χ4v) is 1.91. The molecule has 6 nitrogen and oxygen atoms in total. The molecule has 0 bridgehead atoms. The number of aliphatic hydroxyl groups is 1. The van der Waals surface area contributed by atoms with Gasteiger partial charge in [-0.05, 0) is 25.7 Å². The average molecular weight is 265 g/mol. The van der Waals surface area contributed by atoms with Gasteiger partial charge < -0.3 is 15.8 Å². The van der Waals surface area contributed by atoms with Gasteiger partial charge in [0.15, 0.2) is 0 Å². The summed E-state index contributed by atoms with van der Waals surface area (Å²) in [6, 6.07) is 1.76. The number of nitrogens with zero attached hydrogens (tertiary/aromatic N) is 2. The molecule has 106 valence electrons. The Kier molecular flexibility index (Phi) is 4.21. The Morgan fingerprint density at radius 3 is 2.47 bits per heavy atom. The van der Waals surface area contributed by atoms with E-state index in [2.05, 4.69) is 20.7 Å². The van der Waals surface area contributed by atoms with Crippen LogP contribution in [0.1, 0.15) is 51.3 Å². The maximum absolute atomic E-state index is 10.3. The minimum atomic E-state index is -0.693. The van der Waals surface area contributed by atoms with E-state index in [0.29, 0.717) is 36.9 Å². The van der Waals surface area contributed by atoms with Crippen LogP contribution in [-0.2, 0) is 0 Å². The molecule has 5 N–H and O–H groups in total. The van der Waals surface area contributed by atoms with Crippen molar-refractivity contribution in [2.45, 2.75) is 51.0 Å². The van der Waals surface area contributed by atoms with Gasteiger partial charge in [-0.1, -0.05) is 13.8 Å². The van der Waals surface area contributed by atoms with Crippen molar-refractivity contribution in [1.29, 1.82) is 0 Å². The van der Waals surface area contributed by atoms with Gasteiger partial charge in [-0.3, -0.25) is 0 Å². The maximum Gasteiger partial charge on any atom is 0.145 e. The smallest absolute Gasteiger partial charge is 0.145 e. The van der Waals surface area contributed by atoms with Gasteiger partial charge in [-0.2, -0.15) is 0 Å². The molecule has 1 fully saturated rings. The Morgan fingerprint density at radius 2 is 1.95 bits per heavy atom. The van der Waals surface area contributed by atoms with Gasteiger partial charge in [0.2, 0.25) is 0 Å². The number of anilines is 2. The largest absolute Gasteiger partial charge is 0.388 e. The zero-order valence-corrected chi connectivity index (χ0v) is 11.6. The van der Waals surface area contributed by atoms with Gasteiger partial charge in [0.25, 0.3) is 0 Å². The number of hydrogen-bond donors (Lipinski definition) is 4. The minimum Gasteiger partial charge on any atom is -0.388 e. The predicted molar refractivity (Wildman–Crippen MR) is 75.8 cm³/mol. The van der Waals surface area contributed by atoms with E-state index in [-0.39, 0.29) is 0 Å². The Labute approximate surface area is 113 Å². The molecule has 1 aliphatic rings. The van der Waals surface area contributed by atoms with Gasteiger partial charge in [-0.15, -0.1) is 0 Å². The number of nitrogen functional groups attached to an aromatic ring is 1. The van der Waals surface area contributed by atoms with Crippen molar-refractivity contribution in [2.75, 3.05) is 17.3 Å². The third-order valence-corrected chi connectivity index (χ3v) is 3.75. The lowest BCUT2D eigenvalue weighted by molar-refractivity contribution is 0.0456. The van der Waals surface area contributed by atoms with E-state index < -0.39 is 5.60 Å². The Hall–Kier alpha value is -1.40. The maximum atomic E-state index is 10.3. The molecule has 0 radical (unpaired) electrons. The molecule has 2 rings (SSSR count). The number of hydrogen-bond acceptors (Lipinski definition) is 6. The predicted octanol–water partition coefficient (Wildman–Crippen LogP) is 1.60. The van der Waals surface area contributed by atoms with Gasteiger partial charge in [-0.25, -0.2) is 15.8 Å². The van der Waals surface area contributed by atoms with E-state index >= 15 is 0 Å². The fraction of sp³-hybridized carbons (Fsp3) is 0.692. The fourth-order valence-electron chi connectivity index (χ4n) is 1.91. The van der Waals surface area contributed by atoms with E-state index in [9.17, 15) is 5.11 Å². The second-order valence-electron chi connectivity index (χ2n) is 5.20. The van der Waals surface area contributed by atoms with Gasteiger partial charge >= 0.3 is 0 Å². The first-order valence-electron chi connectivity index (χ1n) is 6.92. The number of hydrazine groups is 1. The highest BCUT2D eigenvalue weighted by Gasteiger charge is 2.28. The summed E-state index contributed by atoms with van der Waals surface area (Å²) in [6.45, 7) is 4.44. The van der Waals surface area contributed by atoms with Crippen LogP contribution < -0.4 is 16.6 Å². The summed E-state index contributed by atoms with van der Waals surface area (Å²) in [6.07, 6.45) is 3.70. The normalized spacial score (nSPS) is 15.4. The summed E-state index contributed by atoms with van der Waals surface area (Å²) in [5.41, 5.74) is 1.87. The molecule has 0 amide bonds. The van der Waals surface area contributed by atoms with E-state index in [1.54, 1.807) is 6.07 Å². The van der Waals surface area contributed by atoms with E-state index in [0.717, 1.165) is 18.7 Å². The third-order valence-electron chi connectivity index (χ3n) is 3.75. The molecule has 0 aromatic carbocycles. The van der Waals surface area contributed by atoms with Crippen LogP contribution in [0.5, 0.6) is 0 Å². The molecule has 0 unspecified atom stereocenters. The molecule has 1 aliphatic carbocycles. The Morgan fingerprint density at radius 1 is 1.32 bits per heavy atom. The van der Waals surface area contributed by atoms with Crippen molar-refractivity contribution >= 4 is 11.6 Å². The summed E-state index contributed by atoms with van der Waals surface area (Å²) in [7, 11) is 0. The number of nitrogens with one attached hydrogen (secondary N) is 2. The lowest BCUT2D eigenvalue weighted by Gasteiger charge is -2.25. The minimum absolute atomic E-state index is 0.463. The van der Waals surface area contributed by atoms with Crippen LogP contribution in [0, 0.1) is 0 Å². The van der Waals surface area contributed by atoms with Crippen LogP contribution >= 0.6 is 0 Å². The zero-order valence-electron chi connectivity index (χ0n) is 11.6. The highest BCUT2D eigenvalue weighted by Crippen LogP contribution is 2.38. The van der Waals surface area contributed by atoms with E-state index in [4.69, 9.17) is 5.84 Å². The second-order valence-corrected chi connectivity index (χ2v) is 5.20. The molecule has 1 saturated carbocycles. The van der Waals surface area contributed by atoms with Gasteiger partial charge in [0, 0.05) is 18.5 Å². The molecule has 0 spiro atoms. The summed E-state index contributed by atoms with van der Waals surface area (Å²) in [4.78, 5) is 8.84. The van der Waals surface area contributed by atoms with Crippen LogP contribution in [0.2, 0.25) is 0 Å². The van der Waals surface area contributed by atoms with Crippen molar-refractivity contribution in [1.82, 2.24) is 9.97 Å². The van der Waals surface area contributed by atoms with Crippen molar-refractivity contribution in [2.24, 2.45) is 5.84 Å². The zero-order chi connectivity index (χ0) is 13.9. The molecule has 6 heteroatoms. The van der Waals surface area contributed by atoms with Crippen LogP contribution in [0.4, 0.5) is 11.6 Å². The molecule has 1 aromatic heterocycles. The number of aromatic nitrogens is 2. The molecule has 0 saturated heterocycles. The monoisotopic (exact) mass is 265 g/mol. The molecule has 1 aromatic rings. The second kappa shape index (κ2) is 5.71. The van der Waals surface area contributed by atoms with Crippen molar-refractivity contribution in [3.05, 3.63) is 11.9 Å². The van der Waals surface area contributed by atoms with Gasteiger partial charge in [0.1, 0.15) is 17.5 Å². The Balaban J connectivity index is 2.08. The quantitative estimate of drug-likeness (QED) is 0.442. The molecule has 0 aliphatic heterocycles. The third kappa shape index (κ3) is 3.54. The molecular weight excluding hydrogens is 242 g/mol. The van der Waals surface area contributed by atoms with Crippen LogP contribution in [0.15, 0.2) is 6.07 Å². The number of nitrogens with two attached hydrogens (primary N) is 1. The SMILES string of the molecule is CCC(O)(CC)CNc1cc(NN)nc(C2CC2)n1. The van der Waals surface area contributed by atoms with Crippen molar-refractivity contribution in [3.8, 4) is 0 Å². The first-order valence-corrected chi connectivity index (χ1v) is 6.92. The topological polar surface area (TPSA) is 96.1 Å². The highest BCUT2D eigenvalue weighted by molar-refractivity contribution is 5.47. The van der Waals surface area contributed by atoms with Crippen LogP contribution in [0.25, 0.3) is 0 Å². The first-order chi connectivity index (χ1) is 9.10. The lowest BCUT2D eigenvalue weighted by atomic mass is 9.98. The summed E-state index contributed by atoms with van der Waals surface area (Å²) >= 11 is 0. The number of rotatable bonds is 7. The van der Waals surface area contributed by atoms with Crippen LogP contribution in [-0.4, -0.2) is 27.2 Å². The molecule has 19 heavy (non-hydrogen) atoms. The van der Waals surface area contributed by atoms with E-state index in [1.807, 2.05) is 13.8 Å². The van der Waals surface area contributed by atoms with Crippen molar-refractivity contribution in [3.63, 3.8) is 0 Å². The summed E-state index contributed by atoms with van der Waals surface area (Å²) in [5, 5.41) is 13.4. The summed E-state index contributed by atoms with van der Waals surface area (Å²) in [5.74, 6) is 8.04. The highest BCUT2D eigenvalue weighted by atomic mass is 16.3. The standard InChI is InChI=1S/C13H23N5O/c1-3-13(19,4-2)8-15-10-7-11(18-14)17-12(16-10)9-5-6-9/h7,9,19H,3-6,8,14H2,1-2H3,(H2,15,16,17,18). The average Bonchev–Trinajstić information content (AvgIpc) is 3.29. The Bertz CT molecular complexity index is 429. The van der Waals surface area contributed by atoms with Crippen molar-refractivity contribution < 1.29 is 5.11 Å². The molecule has 1 heterocycles. The van der Waals surface area contributed by atoms with E-state index in [1.165, 1.54) is 0 Å². The summed E-state index contributed by atoms with van der Waals surface area (Å²) < 4.78 is 0. The van der Waals surface area contributed by atoms with Crippen LogP contribution in [0.3, 0.4) is 0 Å². The molecular formula is C13H23N5O. The molecule has 0 atom stereocenters. The lowest BCUT2D eigenvalue weighted by Crippen LogP contribution is -2.35. The first kappa shape index (κ1) is 14.0.